The van der Waals surface area contributed by atoms with Gasteiger partial charge in [-0.2, -0.15) is 0 Å². The first-order valence-corrected chi connectivity index (χ1v) is 7.02. The molecule has 4 nitrogen and oxygen atoms in total. The van der Waals surface area contributed by atoms with Gasteiger partial charge in [0.2, 0.25) is 0 Å². The maximum absolute atomic E-state index is 9.39. The van der Waals surface area contributed by atoms with Crippen LogP contribution in [0.5, 0.6) is 0 Å². The fraction of sp³-hybridized carbons (Fsp3) is 0.857. The minimum absolute atomic E-state index is 0.0294. The highest BCUT2D eigenvalue weighted by Crippen LogP contribution is 2.46. The van der Waals surface area contributed by atoms with Gasteiger partial charge in [-0.15, -0.1) is 10.2 Å². The minimum Gasteiger partial charge on any atom is -0.388 e. The lowest BCUT2D eigenvalue weighted by atomic mass is 9.68. The number of aliphatic hydroxyl groups excluding tert-OH is 1. The molecule has 0 bridgehead atoms. The molecular formula is C14H25N3O. The lowest BCUT2D eigenvalue weighted by Gasteiger charge is -2.38. The van der Waals surface area contributed by atoms with Crippen LogP contribution < -0.4 is 0 Å². The van der Waals surface area contributed by atoms with Gasteiger partial charge in [-0.3, -0.25) is 0 Å². The molecule has 0 saturated heterocycles. The topological polar surface area (TPSA) is 50.9 Å². The second-order valence-electron chi connectivity index (χ2n) is 6.38. The van der Waals surface area contributed by atoms with Crippen LogP contribution in [-0.4, -0.2) is 19.9 Å². The number of nitrogens with zero attached hydrogens (tertiary/aromatic N) is 3. The first-order chi connectivity index (χ1) is 8.47. The average Bonchev–Trinajstić information content (AvgIpc) is 2.71. The highest BCUT2D eigenvalue weighted by atomic mass is 16.3. The molecule has 1 fully saturated rings. The average molecular weight is 251 g/mol. The maximum Gasteiger partial charge on any atom is 0.159 e. The Bertz CT molecular complexity index is 409. The molecule has 1 heterocycles. The standard InChI is InChI=1S/C14H25N3O/c1-10(2)17-12(9-18)15-16-13(17)11-7-5-6-8-14(11,3)4/h10-11,18H,5-9H2,1-4H3. The van der Waals surface area contributed by atoms with Crippen molar-refractivity contribution in [2.45, 2.75) is 71.9 Å². The van der Waals surface area contributed by atoms with Crippen LogP contribution in [0.4, 0.5) is 0 Å². The van der Waals surface area contributed by atoms with E-state index in [-0.39, 0.29) is 12.0 Å². The Morgan fingerprint density at radius 1 is 1.33 bits per heavy atom. The van der Waals surface area contributed by atoms with Gasteiger partial charge in [0.25, 0.3) is 0 Å². The Morgan fingerprint density at radius 2 is 2.06 bits per heavy atom. The molecule has 0 aromatic carbocycles. The number of aliphatic hydroxyl groups is 1. The summed E-state index contributed by atoms with van der Waals surface area (Å²) in [5.74, 6) is 2.22. The Hall–Kier alpha value is -0.900. The number of aromatic nitrogens is 3. The third-order valence-corrected chi connectivity index (χ3v) is 4.27. The van der Waals surface area contributed by atoms with Crippen molar-refractivity contribution in [1.29, 1.82) is 0 Å². The van der Waals surface area contributed by atoms with Gasteiger partial charge in [-0.1, -0.05) is 26.7 Å². The molecule has 1 atom stereocenters. The smallest absolute Gasteiger partial charge is 0.159 e. The molecule has 1 aromatic rings. The van der Waals surface area contributed by atoms with Gasteiger partial charge in [0.05, 0.1) is 0 Å². The summed E-state index contributed by atoms with van der Waals surface area (Å²) in [6.45, 7) is 8.88. The van der Waals surface area contributed by atoms with Gasteiger partial charge >= 0.3 is 0 Å². The van der Waals surface area contributed by atoms with Crippen LogP contribution in [0.3, 0.4) is 0 Å². The molecule has 1 unspecified atom stereocenters. The van der Waals surface area contributed by atoms with Crippen LogP contribution in [-0.2, 0) is 6.61 Å². The molecule has 0 radical (unpaired) electrons. The molecule has 1 aliphatic rings. The summed E-state index contributed by atoms with van der Waals surface area (Å²) in [4.78, 5) is 0. The summed E-state index contributed by atoms with van der Waals surface area (Å²) in [5, 5.41) is 17.9. The maximum atomic E-state index is 9.39. The van der Waals surface area contributed by atoms with Crippen molar-refractivity contribution in [2.24, 2.45) is 5.41 Å². The summed E-state index contributed by atoms with van der Waals surface area (Å²) in [5.41, 5.74) is 0.282. The Morgan fingerprint density at radius 3 is 2.61 bits per heavy atom. The van der Waals surface area contributed by atoms with Crippen molar-refractivity contribution in [2.75, 3.05) is 0 Å². The first kappa shape index (κ1) is 13.5. The molecule has 2 rings (SSSR count). The fourth-order valence-electron chi connectivity index (χ4n) is 3.22. The predicted molar refractivity (Wildman–Crippen MR) is 71.3 cm³/mol. The molecule has 102 valence electrons. The van der Waals surface area contributed by atoms with Crippen LogP contribution in [0, 0.1) is 5.41 Å². The zero-order valence-corrected chi connectivity index (χ0v) is 12.0. The van der Waals surface area contributed by atoms with Crippen LogP contribution in [0.25, 0.3) is 0 Å². The van der Waals surface area contributed by atoms with Crippen molar-refractivity contribution in [3.8, 4) is 0 Å². The molecule has 0 aliphatic heterocycles. The molecule has 0 amide bonds. The van der Waals surface area contributed by atoms with E-state index in [1.807, 2.05) is 0 Å². The highest BCUT2D eigenvalue weighted by molar-refractivity contribution is 5.09. The SMILES string of the molecule is CC(C)n1c(CO)nnc1C1CCCCC1(C)C. The van der Waals surface area contributed by atoms with E-state index >= 15 is 0 Å². The lowest BCUT2D eigenvalue weighted by Crippen LogP contribution is -2.29. The molecule has 1 aliphatic carbocycles. The van der Waals surface area contributed by atoms with E-state index < -0.39 is 0 Å². The van der Waals surface area contributed by atoms with Crippen molar-refractivity contribution in [3.63, 3.8) is 0 Å². The second-order valence-corrected chi connectivity index (χ2v) is 6.38. The predicted octanol–water partition coefficient (Wildman–Crippen LogP) is 3.04. The summed E-state index contributed by atoms with van der Waals surface area (Å²) in [7, 11) is 0. The normalized spacial score (nSPS) is 23.6. The summed E-state index contributed by atoms with van der Waals surface area (Å²) in [6.07, 6.45) is 5.01. The highest BCUT2D eigenvalue weighted by Gasteiger charge is 2.37. The Labute approximate surface area is 109 Å². The summed E-state index contributed by atoms with van der Waals surface area (Å²) >= 11 is 0. The molecule has 0 spiro atoms. The Balaban J connectivity index is 2.40. The molecule has 1 saturated carbocycles. The van der Waals surface area contributed by atoms with Crippen LogP contribution in [0.15, 0.2) is 0 Å². The van der Waals surface area contributed by atoms with Crippen molar-refractivity contribution in [3.05, 3.63) is 11.6 Å². The molecule has 1 N–H and O–H groups in total. The van der Waals surface area contributed by atoms with Crippen LogP contribution >= 0.6 is 0 Å². The number of rotatable bonds is 3. The van der Waals surface area contributed by atoms with E-state index in [1.54, 1.807) is 0 Å². The largest absolute Gasteiger partial charge is 0.388 e. The zero-order chi connectivity index (χ0) is 13.3. The fourth-order valence-corrected chi connectivity index (χ4v) is 3.22. The van der Waals surface area contributed by atoms with Crippen molar-refractivity contribution >= 4 is 0 Å². The lowest BCUT2D eigenvalue weighted by molar-refractivity contribution is 0.185. The third-order valence-electron chi connectivity index (χ3n) is 4.27. The van der Waals surface area contributed by atoms with Gasteiger partial charge in [-0.05, 0) is 32.1 Å². The molecule has 18 heavy (non-hydrogen) atoms. The van der Waals surface area contributed by atoms with E-state index in [9.17, 15) is 5.11 Å². The number of hydrogen-bond donors (Lipinski definition) is 1. The van der Waals surface area contributed by atoms with Crippen LogP contribution in [0.1, 0.15) is 77.0 Å². The van der Waals surface area contributed by atoms with Gasteiger partial charge < -0.3 is 9.67 Å². The van der Waals surface area contributed by atoms with E-state index in [0.29, 0.717) is 17.8 Å². The van der Waals surface area contributed by atoms with Gasteiger partial charge in [0, 0.05) is 12.0 Å². The van der Waals surface area contributed by atoms with Crippen molar-refractivity contribution < 1.29 is 5.11 Å². The summed E-state index contributed by atoms with van der Waals surface area (Å²) < 4.78 is 2.12. The van der Waals surface area contributed by atoms with Gasteiger partial charge in [0.1, 0.15) is 12.4 Å². The quantitative estimate of drug-likeness (QED) is 0.898. The van der Waals surface area contributed by atoms with E-state index in [1.165, 1.54) is 25.7 Å². The van der Waals surface area contributed by atoms with E-state index in [0.717, 1.165) is 5.82 Å². The van der Waals surface area contributed by atoms with E-state index in [4.69, 9.17) is 0 Å². The third kappa shape index (κ3) is 2.30. The first-order valence-electron chi connectivity index (χ1n) is 7.02. The molecular weight excluding hydrogens is 226 g/mol. The second kappa shape index (κ2) is 5.00. The van der Waals surface area contributed by atoms with Gasteiger partial charge in [-0.25, -0.2) is 0 Å². The van der Waals surface area contributed by atoms with E-state index in [2.05, 4.69) is 42.5 Å². The van der Waals surface area contributed by atoms with Crippen molar-refractivity contribution in [1.82, 2.24) is 14.8 Å². The zero-order valence-electron chi connectivity index (χ0n) is 12.0. The molecule has 4 heteroatoms. The monoisotopic (exact) mass is 251 g/mol. The minimum atomic E-state index is -0.0294. The Kier molecular flexibility index (Phi) is 3.76. The molecule has 1 aromatic heterocycles. The van der Waals surface area contributed by atoms with Gasteiger partial charge in [0.15, 0.2) is 5.82 Å². The number of hydrogen-bond acceptors (Lipinski definition) is 3. The summed E-state index contributed by atoms with van der Waals surface area (Å²) in [6, 6.07) is 0.301. The van der Waals surface area contributed by atoms with Crippen LogP contribution in [0.2, 0.25) is 0 Å².